The molecule has 0 saturated carbocycles. The Bertz CT molecular complexity index is 315. The summed E-state index contributed by atoms with van der Waals surface area (Å²) in [5.41, 5.74) is 0. The van der Waals surface area contributed by atoms with Gasteiger partial charge in [0.2, 0.25) is 0 Å². The van der Waals surface area contributed by atoms with Crippen molar-refractivity contribution in [2.75, 3.05) is 7.05 Å². The number of hydrogen-bond acceptors (Lipinski definition) is 2. The maximum absolute atomic E-state index is 12.2. The topological polar surface area (TPSA) is 12.0 Å². The molecule has 15 heavy (non-hydrogen) atoms. The molecule has 0 radical (unpaired) electrons. The van der Waals surface area contributed by atoms with E-state index < -0.39 is 18.6 Å². The molecule has 0 aliphatic heterocycles. The van der Waals surface area contributed by atoms with Crippen molar-refractivity contribution in [1.82, 2.24) is 5.32 Å². The largest absolute Gasteiger partial charge is 0.390 e. The smallest absolute Gasteiger partial charge is 0.312 e. The van der Waals surface area contributed by atoms with E-state index in [0.717, 1.165) is 9.35 Å². The van der Waals surface area contributed by atoms with Crippen LogP contribution in [0.2, 0.25) is 0 Å². The standard InChI is InChI=1S/C9H11BrF3NS/c1-5-6(10)3-8(15-5)7(14-2)4-9(11,12)13/h3,7,14H,4H2,1-2H3. The quantitative estimate of drug-likeness (QED) is 0.889. The van der Waals surface area contributed by atoms with Gasteiger partial charge in [-0.1, -0.05) is 0 Å². The van der Waals surface area contributed by atoms with E-state index in [9.17, 15) is 13.2 Å². The summed E-state index contributed by atoms with van der Waals surface area (Å²) in [6.45, 7) is 1.87. The molecule has 0 aromatic carbocycles. The maximum atomic E-state index is 12.2. The van der Waals surface area contributed by atoms with Gasteiger partial charge < -0.3 is 5.32 Å². The molecule has 0 saturated heterocycles. The highest BCUT2D eigenvalue weighted by Crippen LogP contribution is 2.35. The van der Waals surface area contributed by atoms with Gasteiger partial charge in [0.05, 0.1) is 6.42 Å². The lowest BCUT2D eigenvalue weighted by Crippen LogP contribution is -2.22. The van der Waals surface area contributed by atoms with Crippen LogP contribution in [-0.4, -0.2) is 13.2 Å². The SMILES string of the molecule is CNC(CC(F)(F)F)c1cc(Br)c(C)s1. The Balaban J connectivity index is 2.83. The van der Waals surface area contributed by atoms with Gasteiger partial charge in [-0.05, 0) is 36.0 Å². The summed E-state index contributed by atoms with van der Waals surface area (Å²) >= 11 is 4.67. The molecule has 1 N–H and O–H groups in total. The molecule has 0 aliphatic carbocycles. The van der Waals surface area contributed by atoms with E-state index >= 15 is 0 Å². The Kier molecular flexibility index (Phi) is 4.20. The normalized spacial score (nSPS) is 14.3. The zero-order valence-corrected chi connectivity index (χ0v) is 10.7. The Morgan fingerprint density at radius 1 is 1.53 bits per heavy atom. The number of halogens is 4. The third-order valence-electron chi connectivity index (χ3n) is 2.00. The maximum Gasteiger partial charge on any atom is 0.390 e. The lowest BCUT2D eigenvalue weighted by Gasteiger charge is -2.16. The van der Waals surface area contributed by atoms with E-state index in [1.807, 2.05) is 6.92 Å². The third-order valence-corrected chi connectivity index (χ3v) is 4.25. The highest BCUT2D eigenvalue weighted by atomic mass is 79.9. The molecule has 1 unspecified atom stereocenters. The van der Waals surface area contributed by atoms with Crippen molar-refractivity contribution in [3.63, 3.8) is 0 Å². The monoisotopic (exact) mass is 301 g/mol. The van der Waals surface area contributed by atoms with Crippen LogP contribution in [0.15, 0.2) is 10.5 Å². The molecule has 1 heterocycles. The van der Waals surface area contributed by atoms with Gasteiger partial charge in [-0.15, -0.1) is 11.3 Å². The Hall–Kier alpha value is -0.0700. The molecule has 1 aromatic rings. The van der Waals surface area contributed by atoms with E-state index in [0.29, 0.717) is 4.88 Å². The fourth-order valence-corrected chi connectivity index (χ4v) is 2.90. The van der Waals surface area contributed by atoms with Crippen molar-refractivity contribution in [3.05, 3.63) is 20.3 Å². The first-order chi connectivity index (χ1) is 6.83. The molecular formula is C9H11BrF3NS. The van der Waals surface area contributed by atoms with Crippen LogP contribution in [0, 0.1) is 6.92 Å². The zero-order chi connectivity index (χ0) is 11.6. The predicted octanol–water partition coefficient (Wildman–Crippen LogP) is 4.03. The van der Waals surface area contributed by atoms with Gasteiger partial charge in [-0.25, -0.2) is 0 Å². The molecule has 0 aliphatic rings. The number of nitrogens with one attached hydrogen (secondary N) is 1. The lowest BCUT2D eigenvalue weighted by molar-refractivity contribution is -0.140. The van der Waals surface area contributed by atoms with Crippen LogP contribution in [0.25, 0.3) is 0 Å². The Morgan fingerprint density at radius 2 is 2.13 bits per heavy atom. The summed E-state index contributed by atoms with van der Waals surface area (Å²) in [6.07, 6.45) is -4.98. The van der Waals surface area contributed by atoms with Crippen LogP contribution in [-0.2, 0) is 0 Å². The number of aryl methyl sites for hydroxylation is 1. The van der Waals surface area contributed by atoms with E-state index in [4.69, 9.17) is 0 Å². The minimum absolute atomic E-state index is 0.653. The van der Waals surface area contributed by atoms with Crippen LogP contribution in [0.3, 0.4) is 0 Å². The molecular weight excluding hydrogens is 291 g/mol. The molecule has 0 fully saturated rings. The minimum Gasteiger partial charge on any atom is -0.312 e. The molecule has 1 atom stereocenters. The minimum atomic E-state index is -4.14. The van der Waals surface area contributed by atoms with E-state index in [-0.39, 0.29) is 0 Å². The van der Waals surface area contributed by atoms with Gasteiger partial charge in [-0.3, -0.25) is 0 Å². The first-order valence-corrected chi connectivity index (χ1v) is 5.94. The Labute approximate surface area is 98.8 Å². The first-order valence-electron chi connectivity index (χ1n) is 4.33. The van der Waals surface area contributed by atoms with Gasteiger partial charge in [0.25, 0.3) is 0 Å². The lowest BCUT2D eigenvalue weighted by atomic mass is 10.1. The second-order valence-electron chi connectivity index (χ2n) is 3.21. The van der Waals surface area contributed by atoms with Crippen molar-refractivity contribution in [3.8, 4) is 0 Å². The van der Waals surface area contributed by atoms with Gasteiger partial charge >= 0.3 is 6.18 Å². The van der Waals surface area contributed by atoms with Crippen molar-refractivity contribution in [1.29, 1.82) is 0 Å². The average molecular weight is 302 g/mol. The second-order valence-corrected chi connectivity index (χ2v) is 5.36. The van der Waals surface area contributed by atoms with Crippen LogP contribution in [0.1, 0.15) is 22.2 Å². The summed E-state index contributed by atoms with van der Waals surface area (Å²) in [5.74, 6) is 0. The van der Waals surface area contributed by atoms with Crippen molar-refractivity contribution < 1.29 is 13.2 Å². The van der Waals surface area contributed by atoms with Gasteiger partial charge in [0.1, 0.15) is 0 Å². The van der Waals surface area contributed by atoms with Crippen LogP contribution in [0.4, 0.5) is 13.2 Å². The van der Waals surface area contributed by atoms with E-state index in [1.54, 1.807) is 13.1 Å². The summed E-state index contributed by atoms with van der Waals surface area (Å²) in [7, 11) is 1.54. The summed E-state index contributed by atoms with van der Waals surface area (Å²) < 4.78 is 37.6. The molecule has 1 nitrogen and oxygen atoms in total. The molecule has 1 rings (SSSR count). The van der Waals surface area contributed by atoms with Crippen LogP contribution >= 0.6 is 27.3 Å². The zero-order valence-electron chi connectivity index (χ0n) is 8.28. The fraction of sp³-hybridized carbons (Fsp3) is 0.556. The van der Waals surface area contributed by atoms with Gasteiger partial charge in [0.15, 0.2) is 0 Å². The molecule has 0 amide bonds. The van der Waals surface area contributed by atoms with Gasteiger partial charge in [0, 0.05) is 20.3 Å². The molecule has 6 heteroatoms. The number of thiophene rings is 1. The second kappa shape index (κ2) is 4.84. The molecule has 1 aromatic heterocycles. The summed E-state index contributed by atoms with van der Waals surface area (Å²) in [5, 5.41) is 2.69. The summed E-state index contributed by atoms with van der Waals surface area (Å²) in [4.78, 5) is 1.70. The van der Waals surface area contributed by atoms with Crippen molar-refractivity contribution in [2.45, 2.75) is 25.6 Å². The molecule has 0 spiro atoms. The third kappa shape index (κ3) is 3.77. The van der Waals surface area contributed by atoms with Crippen LogP contribution in [0.5, 0.6) is 0 Å². The highest BCUT2D eigenvalue weighted by molar-refractivity contribution is 9.10. The van der Waals surface area contributed by atoms with Crippen molar-refractivity contribution in [2.24, 2.45) is 0 Å². The Morgan fingerprint density at radius 3 is 2.47 bits per heavy atom. The van der Waals surface area contributed by atoms with E-state index in [1.165, 1.54) is 11.3 Å². The van der Waals surface area contributed by atoms with Crippen molar-refractivity contribution >= 4 is 27.3 Å². The van der Waals surface area contributed by atoms with Gasteiger partial charge in [-0.2, -0.15) is 13.2 Å². The molecule has 86 valence electrons. The molecule has 0 bridgehead atoms. The first kappa shape index (κ1) is 13.0. The number of rotatable bonds is 3. The van der Waals surface area contributed by atoms with Crippen LogP contribution < -0.4 is 5.32 Å². The number of alkyl halides is 3. The predicted molar refractivity (Wildman–Crippen MR) is 59.2 cm³/mol. The summed E-state index contributed by atoms with van der Waals surface area (Å²) in [6, 6.07) is 1.09. The average Bonchev–Trinajstić information content (AvgIpc) is 2.41. The highest BCUT2D eigenvalue weighted by Gasteiger charge is 2.32. The fourth-order valence-electron chi connectivity index (χ4n) is 1.23. The number of hydrogen-bond donors (Lipinski definition) is 1. The van der Waals surface area contributed by atoms with E-state index in [2.05, 4.69) is 21.2 Å².